The predicted octanol–water partition coefficient (Wildman–Crippen LogP) is 4.48. The number of rotatable bonds is 6. The van der Waals surface area contributed by atoms with Crippen LogP contribution in [-0.2, 0) is 4.74 Å². The number of nitrogens with one attached hydrogen (secondary N) is 3. The number of carbonyl (C=O) groups is 1. The van der Waals surface area contributed by atoms with Gasteiger partial charge in [-0.2, -0.15) is 10.1 Å². The quantitative estimate of drug-likeness (QED) is 0.591. The highest BCUT2D eigenvalue weighted by Crippen LogP contribution is 2.48. The Hall–Kier alpha value is -2.84. The lowest BCUT2D eigenvalue weighted by atomic mass is 9.87. The Morgan fingerprint density at radius 1 is 1.27 bits per heavy atom. The number of ether oxygens (including phenoxy) is 1. The van der Waals surface area contributed by atoms with Gasteiger partial charge in [0.1, 0.15) is 11.4 Å². The van der Waals surface area contributed by atoms with E-state index in [0.717, 1.165) is 43.4 Å². The molecule has 3 N–H and O–H groups in total. The van der Waals surface area contributed by atoms with E-state index >= 15 is 0 Å². The van der Waals surface area contributed by atoms with Crippen LogP contribution in [0, 0.1) is 5.41 Å². The second-order valence-corrected chi connectivity index (χ2v) is 10.9. The molecule has 0 radical (unpaired) electrons. The lowest BCUT2D eigenvalue weighted by Crippen LogP contribution is -2.43. The lowest BCUT2D eigenvalue weighted by Gasteiger charge is -2.33. The summed E-state index contributed by atoms with van der Waals surface area (Å²) in [6, 6.07) is 4.38. The van der Waals surface area contributed by atoms with Crippen molar-refractivity contribution in [2.45, 2.75) is 83.3 Å². The molecule has 5 rings (SSSR count). The number of anilines is 3. The summed E-state index contributed by atoms with van der Waals surface area (Å²) in [5, 5.41) is 13.9. The topological polar surface area (TPSA) is 108 Å². The van der Waals surface area contributed by atoms with Gasteiger partial charge >= 0.3 is 6.09 Å². The van der Waals surface area contributed by atoms with Gasteiger partial charge in [-0.1, -0.05) is 12.8 Å². The number of aromatic amines is 1. The monoisotopic (exact) mass is 453 g/mol. The molecule has 3 aliphatic rings. The number of H-pyrrole nitrogens is 1. The lowest BCUT2D eigenvalue weighted by molar-refractivity contribution is 0.0504. The van der Waals surface area contributed by atoms with E-state index in [1.807, 2.05) is 26.8 Å². The molecule has 1 aliphatic heterocycles. The van der Waals surface area contributed by atoms with E-state index in [-0.39, 0.29) is 11.5 Å². The fourth-order valence-electron chi connectivity index (χ4n) is 5.64. The first-order valence-electron chi connectivity index (χ1n) is 12.2. The molecule has 1 amide bonds. The van der Waals surface area contributed by atoms with Crippen LogP contribution in [0.15, 0.2) is 18.3 Å². The van der Waals surface area contributed by atoms with Gasteiger partial charge in [-0.25, -0.2) is 9.78 Å². The van der Waals surface area contributed by atoms with Crippen molar-refractivity contribution in [3.8, 4) is 0 Å². The van der Waals surface area contributed by atoms with Crippen LogP contribution in [0.25, 0.3) is 0 Å². The molecular formula is C24H35N7O2. The molecule has 9 nitrogen and oxygen atoms in total. The average Bonchev–Trinajstić information content (AvgIpc) is 3.55. The predicted molar refractivity (Wildman–Crippen MR) is 127 cm³/mol. The highest BCUT2D eigenvalue weighted by atomic mass is 16.6. The molecule has 9 heteroatoms. The third kappa shape index (κ3) is 4.91. The molecule has 3 heterocycles. The molecule has 2 saturated carbocycles. The largest absolute Gasteiger partial charge is 0.444 e. The van der Waals surface area contributed by atoms with Crippen LogP contribution in [0.2, 0.25) is 0 Å². The first-order valence-corrected chi connectivity index (χ1v) is 12.2. The van der Waals surface area contributed by atoms with Gasteiger partial charge in [0.25, 0.3) is 0 Å². The van der Waals surface area contributed by atoms with Gasteiger partial charge in [0.15, 0.2) is 5.82 Å². The van der Waals surface area contributed by atoms with Gasteiger partial charge in [0.2, 0.25) is 5.95 Å². The molecule has 178 valence electrons. The molecule has 1 saturated heterocycles. The van der Waals surface area contributed by atoms with E-state index < -0.39 is 5.60 Å². The van der Waals surface area contributed by atoms with E-state index in [9.17, 15) is 4.79 Å². The second kappa shape index (κ2) is 8.50. The Bertz CT molecular complexity index is 995. The van der Waals surface area contributed by atoms with E-state index in [1.54, 1.807) is 6.20 Å². The van der Waals surface area contributed by atoms with Crippen LogP contribution in [0.1, 0.15) is 77.3 Å². The van der Waals surface area contributed by atoms with Gasteiger partial charge in [0, 0.05) is 48.4 Å². The SMILES string of the molecule is CC(C)(C)OC(=O)NCC12CCC(C1)N(c1nccc(Nc3cc(C4CCCC4)[nH]n3)n1)C2. The number of hydrogen-bond donors (Lipinski definition) is 3. The summed E-state index contributed by atoms with van der Waals surface area (Å²) in [5.41, 5.74) is 0.766. The normalized spacial score (nSPS) is 24.9. The van der Waals surface area contributed by atoms with Gasteiger partial charge in [-0.3, -0.25) is 5.10 Å². The summed E-state index contributed by atoms with van der Waals surface area (Å²) in [5.74, 6) is 2.87. The molecule has 2 aromatic heterocycles. The van der Waals surface area contributed by atoms with Crippen molar-refractivity contribution in [1.82, 2.24) is 25.5 Å². The minimum absolute atomic E-state index is 0.0484. The molecule has 0 spiro atoms. The van der Waals surface area contributed by atoms with E-state index in [2.05, 4.69) is 36.8 Å². The Kier molecular flexibility index (Phi) is 5.66. The number of aromatic nitrogens is 4. The number of nitrogens with zero attached hydrogens (tertiary/aromatic N) is 4. The maximum atomic E-state index is 12.2. The van der Waals surface area contributed by atoms with Crippen LogP contribution < -0.4 is 15.5 Å². The molecule has 33 heavy (non-hydrogen) atoms. The molecule has 2 aliphatic carbocycles. The number of hydrogen-bond acceptors (Lipinski definition) is 7. The van der Waals surface area contributed by atoms with Gasteiger partial charge in [-0.15, -0.1) is 0 Å². The molecular weight excluding hydrogens is 418 g/mol. The van der Waals surface area contributed by atoms with E-state index in [0.29, 0.717) is 18.5 Å². The summed E-state index contributed by atoms with van der Waals surface area (Å²) >= 11 is 0. The summed E-state index contributed by atoms with van der Waals surface area (Å²) in [6.07, 6.45) is 9.74. The van der Waals surface area contributed by atoms with Gasteiger partial charge in [0.05, 0.1) is 0 Å². The summed E-state index contributed by atoms with van der Waals surface area (Å²) in [6.45, 7) is 7.09. The molecule has 3 fully saturated rings. The fourth-order valence-corrected chi connectivity index (χ4v) is 5.64. The Morgan fingerprint density at radius 3 is 2.88 bits per heavy atom. The third-order valence-corrected chi connectivity index (χ3v) is 7.18. The molecule has 2 bridgehead atoms. The van der Waals surface area contributed by atoms with Gasteiger partial charge in [-0.05, 0) is 58.9 Å². The zero-order valence-electron chi connectivity index (χ0n) is 19.9. The molecule has 0 aromatic carbocycles. The van der Waals surface area contributed by atoms with E-state index in [4.69, 9.17) is 9.72 Å². The highest BCUT2D eigenvalue weighted by Gasteiger charge is 2.50. The summed E-state index contributed by atoms with van der Waals surface area (Å²) in [7, 11) is 0. The second-order valence-electron chi connectivity index (χ2n) is 10.9. The number of fused-ring (bicyclic) bond motifs is 2. The molecule has 2 aromatic rings. The van der Waals surface area contributed by atoms with E-state index in [1.165, 1.54) is 31.4 Å². The zero-order valence-corrected chi connectivity index (χ0v) is 19.9. The number of carbonyl (C=O) groups excluding carboxylic acids is 1. The van der Waals surface area contributed by atoms with Crippen LogP contribution in [0.3, 0.4) is 0 Å². The number of alkyl carbamates (subject to hydrolysis) is 1. The first kappa shape index (κ1) is 22.0. The average molecular weight is 454 g/mol. The number of piperidine rings is 1. The van der Waals surface area contributed by atoms with Crippen LogP contribution in [0.5, 0.6) is 0 Å². The first-order chi connectivity index (χ1) is 15.8. The smallest absolute Gasteiger partial charge is 0.407 e. The number of amides is 1. The Morgan fingerprint density at radius 2 is 2.09 bits per heavy atom. The van der Waals surface area contributed by atoms with Crippen molar-refractivity contribution in [2.75, 3.05) is 23.3 Å². The van der Waals surface area contributed by atoms with Crippen LogP contribution >= 0.6 is 0 Å². The standard InChI is InChI=1S/C24H35N7O2/c1-23(2,3)33-22(32)26-14-24-10-8-17(13-24)31(15-24)21-25-11-9-19(28-21)27-20-12-18(29-30-20)16-6-4-5-7-16/h9,11-12,16-17H,4-8,10,13-15H2,1-3H3,(H,26,32)(H2,25,27,28,29,30). The van der Waals surface area contributed by atoms with Crippen LogP contribution in [0.4, 0.5) is 22.4 Å². The van der Waals surface area contributed by atoms with Crippen molar-refractivity contribution >= 4 is 23.7 Å². The Labute approximate surface area is 195 Å². The maximum absolute atomic E-state index is 12.2. The molecule has 2 atom stereocenters. The zero-order chi connectivity index (χ0) is 23.1. The highest BCUT2D eigenvalue weighted by molar-refractivity contribution is 5.67. The maximum Gasteiger partial charge on any atom is 0.407 e. The minimum atomic E-state index is -0.491. The van der Waals surface area contributed by atoms with Crippen molar-refractivity contribution < 1.29 is 9.53 Å². The summed E-state index contributed by atoms with van der Waals surface area (Å²) in [4.78, 5) is 23.8. The third-order valence-electron chi connectivity index (χ3n) is 7.18. The fraction of sp³-hybridized carbons (Fsp3) is 0.667. The van der Waals surface area contributed by atoms with Crippen LogP contribution in [-0.4, -0.2) is 51.0 Å². The minimum Gasteiger partial charge on any atom is -0.444 e. The van der Waals surface area contributed by atoms with Crippen molar-refractivity contribution in [3.05, 3.63) is 24.0 Å². The van der Waals surface area contributed by atoms with Gasteiger partial charge < -0.3 is 20.3 Å². The Balaban J connectivity index is 1.22. The molecule has 2 unspecified atom stereocenters. The van der Waals surface area contributed by atoms with Crippen molar-refractivity contribution in [2.24, 2.45) is 5.41 Å². The van der Waals surface area contributed by atoms with Crippen molar-refractivity contribution in [3.63, 3.8) is 0 Å². The van der Waals surface area contributed by atoms with Crippen molar-refractivity contribution in [1.29, 1.82) is 0 Å². The summed E-state index contributed by atoms with van der Waals surface area (Å²) < 4.78 is 5.41.